The van der Waals surface area contributed by atoms with E-state index in [1.807, 2.05) is 18.7 Å². The zero-order valence-corrected chi connectivity index (χ0v) is 16.1. The zero-order chi connectivity index (χ0) is 20.0. The molecular formula is C18H27N5O4. The number of nitrogens with one attached hydrogen (secondary N) is 1. The SMILES string of the molecule is CCN(CC)C(=O)CN1CCN(C(=O)Nc2cccc([N+](=O)[O-])c2C)CC1. The minimum Gasteiger partial charge on any atom is -0.342 e. The molecule has 9 heteroatoms. The Hall–Kier alpha value is -2.68. The summed E-state index contributed by atoms with van der Waals surface area (Å²) in [7, 11) is 0. The number of rotatable bonds is 6. The average Bonchev–Trinajstić information content (AvgIpc) is 2.64. The second kappa shape index (κ2) is 9.31. The molecule has 1 aliphatic heterocycles. The van der Waals surface area contributed by atoms with Crippen LogP contribution in [0.5, 0.6) is 0 Å². The molecule has 0 saturated carbocycles. The van der Waals surface area contributed by atoms with Crippen LogP contribution in [0.15, 0.2) is 18.2 Å². The van der Waals surface area contributed by atoms with Crippen LogP contribution < -0.4 is 5.32 Å². The molecule has 1 fully saturated rings. The minimum absolute atomic E-state index is 0.0208. The quantitative estimate of drug-likeness (QED) is 0.603. The third-order valence-electron chi connectivity index (χ3n) is 4.88. The zero-order valence-electron chi connectivity index (χ0n) is 16.1. The molecular weight excluding hydrogens is 350 g/mol. The number of benzene rings is 1. The van der Waals surface area contributed by atoms with Gasteiger partial charge in [0.15, 0.2) is 0 Å². The number of carbonyl (C=O) groups is 2. The van der Waals surface area contributed by atoms with E-state index in [0.717, 1.165) is 0 Å². The summed E-state index contributed by atoms with van der Waals surface area (Å²) in [6, 6.07) is 4.33. The first-order valence-electron chi connectivity index (χ1n) is 9.17. The van der Waals surface area contributed by atoms with E-state index in [9.17, 15) is 19.7 Å². The van der Waals surface area contributed by atoms with Gasteiger partial charge in [-0.25, -0.2) is 4.79 Å². The maximum Gasteiger partial charge on any atom is 0.321 e. The van der Waals surface area contributed by atoms with Crippen LogP contribution in [0, 0.1) is 17.0 Å². The molecule has 0 radical (unpaired) electrons. The number of hydrogen-bond donors (Lipinski definition) is 1. The van der Waals surface area contributed by atoms with Gasteiger partial charge in [0.2, 0.25) is 5.91 Å². The maximum atomic E-state index is 12.5. The maximum absolute atomic E-state index is 12.5. The predicted octanol–water partition coefficient (Wildman–Crippen LogP) is 1.92. The lowest BCUT2D eigenvalue weighted by Crippen LogP contribution is -2.52. The van der Waals surface area contributed by atoms with Crippen LogP contribution in [0.3, 0.4) is 0 Å². The number of piperazine rings is 1. The highest BCUT2D eigenvalue weighted by Gasteiger charge is 2.24. The molecule has 3 amide bonds. The summed E-state index contributed by atoms with van der Waals surface area (Å²) in [4.78, 5) is 40.7. The molecule has 1 aromatic carbocycles. The van der Waals surface area contributed by atoms with Gasteiger partial charge in [0.05, 0.1) is 22.7 Å². The molecule has 9 nitrogen and oxygen atoms in total. The van der Waals surface area contributed by atoms with Crippen LogP contribution in [0.1, 0.15) is 19.4 Å². The van der Waals surface area contributed by atoms with E-state index in [2.05, 4.69) is 5.32 Å². The summed E-state index contributed by atoms with van der Waals surface area (Å²) in [5.41, 5.74) is 0.847. The third kappa shape index (κ3) is 5.16. The number of urea groups is 1. The fraction of sp³-hybridized carbons (Fsp3) is 0.556. The van der Waals surface area contributed by atoms with Crippen molar-refractivity contribution in [2.24, 2.45) is 0 Å². The average molecular weight is 377 g/mol. The lowest BCUT2D eigenvalue weighted by atomic mass is 10.1. The van der Waals surface area contributed by atoms with Crippen molar-refractivity contribution in [1.82, 2.24) is 14.7 Å². The fourth-order valence-corrected chi connectivity index (χ4v) is 3.13. The normalized spacial score (nSPS) is 14.7. The van der Waals surface area contributed by atoms with Crippen molar-refractivity contribution in [3.05, 3.63) is 33.9 Å². The highest BCUT2D eigenvalue weighted by molar-refractivity contribution is 5.91. The largest absolute Gasteiger partial charge is 0.342 e. The van der Waals surface area contributed by atoms with Gasteiger partial charge in [-0.3, -0.25) is 19.8 Å². The Morgan fingerprint density at radius 2 is 1.81 bits per heavy atom. The molecule has 0 bridgehead atoms. The molecule has 1 saturated heterocycles. The summed E-state index contributed by atoms with van der Waals surface area (Å²) in [6.45, 7) is 9.53. The smallest absolute Gasteiger partial charge is 0.321 e. The Morgan fingerprint density at radius 3 is 2.37 bits per heavy atom. The first kappa shape index (κ1) is 20.6. The van der Waals surface area contributed by atoms with Crippen molar-refractivity contribution >= 4 is 23.3 Å². The molecule has 0 aliphatic carbocycles. The van der Waals surface area contributed by atoms with E-state index in [4.69, 9.17) is 0 Å². The van der Waals surface area contributed by atoms with Crippen LogP contribution in [0.2, 0.25) is 0 Å². The molecule has 27 heavy (non-hydrogen) atoms. The second-order valence-corrected chi connectivity index (χ2v) is 6.47. The van der Waals surface area contributed by atoms with Gasteiger partial charge in [-0.2, -0.15) is 0 Å². The fourth-order valence-electron chi connectivity index (χ4n) is 3.13. The molecule has 0 unspecified atom stereocenters. The first-order chi connectivity index (χ1) is 12.9. The molecule has 2 rings (SSSR count). The molecule has 0 spiro atoms. The number of nitro benzene ring substituents is 1. The predicted molar refractivity (Wildman–Crippen MR) is 103 cm³/mol. The van der Waals surface area contributed by atoms with Gasteiger partial charge in [0, 0.05) is 45.3 Å². The number of anilines is 1. The van der Waals surface area contributed by atoms with E-state index in [1.54, 1.807) is 28.9 Å². The van der Waals surface area contributed by atoms with Crippen molar-refractivity contribution in [2.75, 3.05) is 51.1 Å². The Labute approximate surface area is 159 Å². The summed E-state index contributed by atoms with van der Waals surface area (Å²) < 4.78 is 0. The monoisotopic (exact) mass is 377 g/mol. The number of carbonyl (C=O) groups excluding carboxylic acids is 2. The Kier molecular flexibility index (Phi) is 7.12. The van der Waals surface area contributed by atoms with Crippen molar-refractivity contribution < 1.29 is 14.5 Å². The Bertz CT molecular complexity index is 697. The number of likely N-dealkylation sites (N-methyl/N-ethyl adjacent to an activating group) is 1. The van der Waals surface area contributed by atoms with Crippen LogP contribution in [0.25, 0.3) is 0 Å². The lowest BCUT2D eigenvalue weighted by Gasteiger charge is -2.35. The number of amides is 3. The molecule has 1 aromatic rings. The van der Waals surface area contributed by atoms with Gasteiger partial charge >= 0.3 is 6.03 Å². The van der Waals surface area contributed by atoms with Gasteiger partial charge in [-0.15, -0.1) is 0 Å². The van der Waals surface area contributed by atoms with E-state index < -0.39 is 4.92 Å². The Balaban J connectivity index is 1.89. The highest BCUT2D eigenvalue weighted by atomic mass is 16.6. The van der Waals surface area contributed by atoms with Gasteiger partial charge in [-0.05, 0) is 26.8 Å². The van der Waals surface area contributed by atoms with Crippen molar-refractivity contribution in [2.45, 2.75) is 20.8 Å². The Morgan fingerprint density at radius 1 is 1.19 bits per heavy atom. The molecule has 0 aromatic heterocycles. The van der Waals surface area contributed by atoms with Crippen molar-refractivity contribution in [1.29, 1.82) is 0 Å². The third-order valence-corrected chi connectivity index (χ3v) is 4.88. The van der Waals surface area contributed by atoms with Gasteiger partial charge in [0.1, 0.15) is 0 Å². The number of nitrogens with zero attached hydrogens (tertiary/aromatic N) is 4. The van der Waals surface area contributed by atoms with Crippen LogP contribution in [0.4, 0.5) is 16.2 Å². The van der Waals surface area contributed by atoms with Gasteiger partial charge < -0.3 is 15.1 Å². The van der Waals surface area contributed by atoms with E-state index >= 15 is 0 Å². The van der Waals surface area contributed by atoms with E-state index in [-0.39, 0.29) is 17.6 Å². The molecule has 1 heterocycles. The highest BCUT2D eigenvalue weighted by Crippen LogP contribution is 2.25. The van der Waals surface area contributed by atoms with E-state index in [0.29, 0.717) is 57.1 Å². The summed E-state index contributed by atoms with van der Waals surface area (Å²) in [5, 5.41) is 13.8. The van der Waals surface area contributed by atoms with E-state index in [1.165, 1.54) is 6.07 Å². The molecule has 148 valence electrons. The number of nitro groups is 1. The molecule has 0 atom stereocenters. The topological polar surface area (TPSA) is 99.0 Å². The van der Waals surface area contributed by atoms with Crippen molar-refractivity contribution in [3.8, 4) is 0 Å². The van der Waals surface area contributed by atoms with Crippen LogP contribution in [-0.4, -0.2) is 77.4 Å². The lowest BCUT2D eigenvalue weighted by molar-refractivity contribution is -0.385. The van der Waals surface area contributed by atoms with Crippen LogP contribution in [-0.2, 0) is 4.79 Å². The molecule has 1 aliphatic rings. The van der Waals surface area contributed by atoms with Crippen LogP contribution >= 0.6 is 0 Å². The van der Waals surface area contributed by atoms with Gasteiger partial charge in [0.25, 0.3) is 5.69 Å². The summed E-state index contributed by atoms with van der Waals surface area (Å²) in [6.07, 6.45) is 0. The minimum atomic E-state index is -0.462. The molecule has 1 N–H and O–H groups in total. The first-order valence-corrected chi connectivity index (χ1v) is 9.17. The second-order valence-electron chi connectivity index (χ2n) is 6.47. The summed E-state index contributed by atoms with van der Waals surface area (Å²) >= 11 is 0. The summed E-state index contributed by atoms with van der Waals surface area (Å²) in [5.74, 6) is 0.102. The standard InChI is InChI=1S/C18H27N5O4/c1-4-21(5-2)17(24)13-20-9-11-22(12-10-20)18(25)19-15-7-6-8-16(14(15)3)23(26)27/h6-8H,4-5,9-13H2,1-3H3,(H,19,25). The van der Waals surface area contributed by atoms with Gasteiger partial charge in [-0.1, -0.05) is 6.07 Å². The number of hydrogen-bond acceptors (Lipinski definition) is 5. The van der Waals surface area contributed by atoms with Crippen molar-refractivity contribution in [3.63, 3.8) is 0 Å².